The van der Waals surface area contributed by atoms with Crippen molar-refractivity contribution < 1.29 is 19.0 Å². The van der Waals surface area contributed by atoms with Crippen LogP contribution in [-0.2, 0) is 9.47 Å². The number of hydrogen-bond donors (Lipinski definition) is 0. The molecule has 0 bridgehead atoms. The molecule has 0 spiro atoms. The zero-order valence-electron chi connectivity index (χ0n) is 15.8. The van der Waals surface area contributed by atoms with E-state index < -0.39 is 5.97 Å². The molecule has 0 amide bonds. The smallest absolute Gasteiger partial charge is 0.339 e. The largest absolute Gasteiger partial charge is 0.485 e. The molecule has 1 aliphatic heterocycles. The molecule has 1 unspecified atom stereocenters. The number of pyridine rings is 1. The van der Waals surface area contributed by atoms with Gasteiger partial charge in [0.05, 0.1) is 19.3 Å². The molecule has 1 aromatic carbocycles. The summed E-state index contributed by atoms with van der Waals surface area (Å²) < 4.78 is 17.6. The summed E-state index contributed by atoms with van der Waals surface area (Å²) in [5.41, 5.74) is 1.63. The van der Waals surface area contributed by atoms with Gasteiger partial charge in [0, 0.05) is 31.0 Å². The van der Waals surface area contributed by atoms with Crippen molar-refractivity contribution in [1.82, 2.24) is 9.47 Å². The Kier molecular flexibility index (Phi) is 5.93. The number of likely N-dealkylation sites (N-methyl/N-ethyl adjacent to an activating group) is 1. The van der Waals surface area contributed by atoms with Crippen LogP contribution in [0.1, 0.15) is 15.9 Å². The minimum absolute atomic E-state index is 0.0929. The second-order valence-electron chi connectivity index (χ2n) is 6.66. The first kappa shape index (κ1) is 19.1. The lowest BCUT2D eigenvalue weighted by molar-refractivity contribution is -0.0405. The van der Waals surface area contributed by atoms with Crippen LogP contribution in [0.3, 0.4) is 0 Å². The molecular formula is C20H24N2O5. The number of hydrogen-bond acceptors (Lipinski definition) is 6. The summed E-state index contributed by atoms with van der Waals surface area (Å²) in [7, 11) is 3.31. The van der Waals surface area contributed by atoms with Gasteiger partial charge in [-0.05, 0) is 26.1 Å². The van der Waals surface area contributed by atoms with Crippen molar-refractivity contribution in [2.75, 3.05) is 40.5 Å². The van der Waals surface area contributed by atoms with Gasteiger partial charge in [-0.1, -0.05) is 17.7 Å². The van der Waals surface area contributed by atoms with E-state index in [0.717, 1.165) is 18.7 Å². The second-order valence-corrected chi connectivity index (χ2v) is 6.66. The Morgan fingerprint density at radius 1 is 1.30 bits per heavy atom. The molecule has 0 aliphatic carbocycles. The third-order valence-corrected chi connectivity index (χ3v) is 4.48. The van der Waals surface area contributed by atoms with Gasteiger partial charge in [-0.3, -0.25) is 9.36 Å². The molecule has 1 atom stereocenters. The van der Waals surface area contributed by atoms with Gasteiger partial charge >= 0.3 is 5.97 Å². The molecule has 0 radical (unpaired) electrons. The molecule has 0 saturated carbocycles. The molecule has 27 heavy (non-hydrogen) atoms. The molecule has 7 heteroatoms. The maximum absolute atomic E-state index is 12.9. The number of benzene rings is 1. The van der Waals surface area contributed by atoms with Gasteiger partial charge in [-0.25, -0.2) is 4.79 Å². The standard InChI is InChI=1S/C20H24N2O5/c1-14-4-6-16(7-5-14)22-11-15(20(24)25-3)10-18(19(22)23)27-13-17-12-21(2)8-9-26-17/h4-7,10-11,17H,8-9,12-13H2,1-3H3. The van der Waals surface area contributed by atoms with Crippen LogP contribution in [0.25, 0.3) is 5.69 Å². The molecule has 1 aliphatic rings. The van der Waals surface area contributed by atoms with E-state index in [0.29, 0.717) is 12.3 Å². The monoisotopic (exact) mass is 372 g/mol. The van der Waals surface area contributed by atoms with Crippen molar-refractivity contribution in [2.45, 2.75) is 13.0 Å². The quantitative estimate of drug-likeness (QED) is 0.744. The van der Waals surface area contributed by atoms with Crippen LogP contribution < -0.4 is 10.3 Å². The van der Waals surface area contributed by atoms with Gasteiger partial charge in [0.1, 0.15) is 12.7 Å². The van der Waals surface area contributed by atoms with Crippen molar-refractivity contribution in [1.29, 1.82) is 0 Å². The van der Waals surface area contributed by atoms with E-state index in [4.69, 9.17) is 14.2 Å². The van der Waals surface area contributed by atoms with E-state index in [9.17, 15) is 9.59 Å². The van der Waals surface area contributed by atoms with Gasteiger partial charge in [-0.2, -0.15) is 0 Å². The van der Waals surface area contributed by atoms with Crippen molar-refractivity contribution in [3.63, 3.8) is 0 Å². The summed E-state index contributed by atoms with van der Waals surface area (Å²) in [6.45, 7) is 4.42. The molecule has 1 saturated heterocycles. The molecule has 1 aromatic heterocycles. The minimum atomic E-state index is -0.533. The number of methoxy groups -OCH3 is 1. The van der Waals surface area contributed by atoms with Gasteiger partial charge < -0.3 is 19.1 Å². The lowest BCUT2D eigenvalue weighted by Gasteiger charge is -2.29. The predicted molar refractivity (Wildman–Crippen MR) is 101 cm³/mol. The molecule has 7 nitrogen and oxygen atoms in total. The molecule has 0 N–H and O–H groups in total. The van der Waals surface area contributed by atoms with Crippen LogP contribution in [-0.4, -0.2) is 62.0 Å². The van der Waals surface area contributed by atoms with Gasteiger partial charge in [-0.15, -0.1) is 0 Å². The van der Waals surface area contributed by atoms with E-state index in [1.54, 1.807) is 0 Å². The van der Waals surface area contributed by atoms with E-state index in [2.05, 4.69) is 4.90 Å². The predicted octanol–water partition coefficient (Wildman–Crippen LogP) is 1.64. The zero-order chi connectivity index (χ0) is 19.4. The van der Waals surface area contributed by atoms with E-state index >= 15 is 0 Å². The molecule has 2 aromatic rings. The summed E-state index contributed by atoms with van der Waals surface area (Å²) in [6, 6.07) is 8.87. The van der Waals surface area contributed by atoms with Crippen LogP contribution >= 0.6 is 0 Å². The number of carbonyl (C=O) groups is 1. The highest BCUT2D eigenvalue weighted by Gasteiger charge is 2.20. The molecule has 2 heterocycles. The Balaban J connectivity index is 1.92. The topological polar surface area (TPSA) is 70.0 Å². The highest BCUT2D eigenvalue weighted by atomic mass is 16.5. The Morgan fingerprint density at radius 2 is 2.04 bits per heavy atom. The van der Waals surface area contributed by atoms with E-state index in [1.807, 2.05) is 38.2 Å². The number of rotatable bonds is 5. The number of morpholine rings is 1. The summed E-state index contributed by atoms with van der Waals surface area (Å²) in [4.78, 5) is 27.1. The Labute approximate surface area is 158 Å². The Morgan fingerprint density at radius 3 is 2.70 bits per heavy atom. The average molecular weight is 372 g/mol. The van der Waals surface area contributed by atoms with E-state index in [1.165, 1.54) is 23.9 Å². The van der Waals surface area contributed by atoms with Crippen molar-refractivity contribution >= 4 is 5.97 Å². The minimum Gasteiger partial charge on any atom is -0.485 e. The third kappa shape index (κ3) is 4.56. The summed E-state index contributed by atoms with van der Waals surface area (Å²) in [6.07, 6.45) is 1.34. The first-order chi connectivity index (χ1) is 13.0. The maximum atomic E-state index is 12.9. The molecule has 3 rings (SSSR count). The normalized spacial score (nSPS) is 17.5. The first-order valence-corrected chi connectivity index (χ1v) is 8.83. The van der Waals surface area contributed by atoms with Crippen molar-refractivity contribution in [3.05, 3.63) is 58.0 Å². The van der Waals surface area contributed by atoms with Crippen LogP contribution in [0.5, 0.6) is 5.75 Å². The fourth-order valence-electron chi connectivity index (χ4n) is 2.94. The van der Waals surface area contributed by atoms with Gasteiger partial charge in [0.15, 0.2) is 5.75 Å². The maximum Gasteiger partial charge on any atom is 0.339 e. The highest BCUT2D eigenvalue weighted by molar-refractivity contribution is 5.89. The molecule has 1 fully saturated rings. The Bertz CT molecular complexity index is 860. The van der Waals surface area contributed by atoms with Crippen LogP contribution in [0, 0.1) is 6.92 Å². The van der Waals surface area contributed by atoms with Crippen LogP contribution in [0.2, 0.25) is 0 Å². The average Bonchev–Trinajstić information content (AvgIpc) is 2.67. The summed E-state index contributed by atoms with van der Waals surface area (Å²) in [5.74, 6) is -0.440. The SMILES string of the molecule is COC(=O)c1cc(OCC2CN(C)CCO2)c(=O)n(-c2ccc(C)cc2)c1. The zero-order valence-corrected chi connectivity index (χ0v) is 15.8. The second kappa shape index (κ2) is 8.37. The Hall–Kier alpha value is -2.64. The third-order valence-electron chi connectivity index (χ3n) is 4.48. The number of aromatic nitrogens is 1. The van der Waals surface area contributed by atoms with Crippen molar-refractivity contribution in [2.24, 2.45) is 0 Å². The number of ether oxygens (including phenoxy) is 3. The fraction of sp³-hybridized carbons (Fsp3) is 0.400. The van der Waals surface area contributed by atoms with E-state index in [-0.39, 0.29) is 29.6 Å². The van der Waals surface area contributed by atoms with Crippen LogP contribution in [0.15, 0.2) is 41.3 Å². The van der Waals surface area contributed by atoms with Gasteiger partial charge in [0.25, 0.3) is 5.56 Å². The fourth-order valence-corrected chi connectivity index (χ4v) is 2.94. The van der Waals surface area contributed by atoms with Crippen molar-refractivity contribution in [3.8, 4) is 11.4 Å². The lowest BCUT2D eigenvalue weighted by atomic mass is 10.2. The lowest BCUT2D eigenvalue weighted by Crippen LogP contribution is -2.43. The first-order valence-electron chi connectivity index (χ1n) is 8.83. The summed E-state index contributed by atoms with van der Waals surface area (Å²) >= 11 is 0. The summed E-state index contributed by atoms with van der Waals surface area (Å²) in [5, 5.41) is 0. The number of esters is 1. The number of aryl methyl sites for hydroxylation is 1. The number of carbonyl (C=O) groups excluding carboxylic acids is 1. The molecular weight excluding hydrogens is 348 g/mol. The van der Waals surface area contributed by atoms with Crippen LogP contribution in [0.4, 0.5) is 0 Å². The highest BCUT2D eigenvalue weighted by Crippen LogP contribution is 2.15. The van der Waals surface area contributed by atoms with Gasteiger partial charge in [0.2, 0.25) is 0 Å². The molecule has 144 valence electrons. The number of nitrogens with zero attached hydrogens (tertiary/aromatic N) is 2.